The second kappa shape index (κ2) is 11.3. The fourth-order valence-electron chi connectivity index (χ4n) is 4.93. The molecule has 1 heterocycles. The Labute approximate surface area is 224 Å². The van der Waals surface area contributed by atoms with Crippen molar-refractivity contribution in [2.45, 2.75) is 44.4 Å². The monoisotopic (exact) mass is 526 g/mol. The van der Waals surface area contributed by atoms with Gasteiger partial charge in [-0.05, 0) is 43.2 Å². The quantitative estimate of drug-likeness (QED) is 0.186. The van der Waals surface area contributed by atoms with E-state index in [2.05, 4.69) is 39.7 Å². The second-order valence-electron chi connectivity index (χ2n) is 9.63. The third-order valence-corrected chi connectivity index (χ3v) is 8.35. The molecule has 196 valence electrons. The van der Waals surface area contributed by atoms with E-state index in [1.165, 1.54) is 0 Å². The summed E-state index contributed by atoms with van der Waals surface area (Å²) < 4.78 is 30.3. The number of nitrogens with one attached hydrogen (secondary N) is 2. The summed E-state index contributed by atoms with van der Waals surface area (Å²) in [5.74, 6) is 0. The van der Waals surface area contributed by atoms with E-state index in [0.29, 0.717) is 5.69 Å². The highest BCUT2D eigenvalue weighted by Gasteiger charge is 2.20. The van der Waals surface area contributed by atoms with Crippen LogP contribution in [0.15, 0.2) is 89.8 Å². The van der Waals surface area contributed by atoms with Crippen LogP contribution in [0.5, 0.6) is 0 Å². The average molecular weight is 527 g/mol. The van der Waals surface area contributed by atoms with Crippen molar-refractivity contribution in [2.75, 3.05) is 22.7 Å². The molecule has 4 aromatic carbocycles. The first kappa shape index (κ1) is 25.8. The molecule has 0 spiro atoms. The smallest absolute Gasteiger partial charge is 0.262 e. The number of aromatic nitrogens is 2. The Morgan fingerprint density at radius 2 is 1.50 bits per heavy atom. The SMILES string of the molecule is CCCCN(CCCC)c1cccc2c(S(=O)(=O)Nc3ccc4[nH]nc(-c5ccccc5)c4c3)cccc12. The Balaban J connectivity index is 1.51. The number of H-pyrrole nitrogens is 1. The van der Waals surface area contributed by atoms with Gasteiger partial charge in [-0.3, -0.25) is 9.82 Å². The van der Waals surface area contributed by atoms with E-state index >= 15 is 0 Å². The molecule has 38 heavy (non-hydrogen) atoms. The first-order valence-electron chi connectivity index (χ1n) is 13.3. The predicted molar refractivity (Wildman–Crippen MR) is 158 cm³/mol. The molecule has 0 saturated heterocycles. The van der Waals surface area contributed by atoms with E-state index in [0.717, 1.165) is 77.4 Å². The molecule has 0 atom stereocenters. The van der Waals surface area contributed by atoms with Crippen LogP contribution >= 0.6 is 0 Å². The molecule has 0 aliphatic rings. The van der Waals surface area contributed by atoms with Gasteiger partial charge in [-0.2, -0.15) is 5.10 Å². The van der Waals surface area contributed by atoms with Crippen LogP contribution in [-0.4, -0.2) is 31.7 Å². The normalized spacial score (nSPS) is 11.7. The van der Waals surface area contributed by atoms with Gasteiger partial charge in [0.2, 0.25) is 0 Å². The van der Waals surface area contributed by atoms with E-state index < -0.39 is 10.0 Å². The van der Waals surface area contributed by atoms with Crippen molar-refractivity contribution >= 4 is 43.1 Å². The Hall–Kier alpha value is -3.84. The number of unbranched alkanes of at least 4 members (excludes halogenated alkanes) is 2. The molecule has 6 nitrogen and oxygen atoms in total. The van der Waals surface area contributed by atoms with E-state index in [4.69, 9.17) is 0 Å². The Morgan fingerprint density at radius 1 is 0.789 bits per heavy atom. The lowest BCUT2D eigenvalue weighted by atomic mass is 10.1. The maximum atomic E-state index is 13.7. The zero-order chi connectivity index (χ0) is 26.5. The van der Waals surface area contributed by atoms with E-state index in [1.807, 2.05) is 66.7 Å². The number of fused-ring (bicyclic) bond motifs is 2. The van der Waals surface area contributed by atoms with Crippen molar-refractivity contribution in [3.8, 4) is 11.3 Å². The van der Waals surface area contributed by atoms with Crippen LogP contribution in [0, 0.1) is 0 Å². The lowest BCUT2D eigenvalue weighted by molar-refractivity contribution is 0.602. The van der Waals surface area contributed by atoms with Crippen molar-refractivity contribution in [2.24, 2.45) is 0 Å². The maximum absolute atomic E-state index is 13.7. The molecule has 0 saturated carbocycles. The third-order valence-electron chi connectivity index (χ3n) is 6.91. The highest BCUT2D eigenvalue weighted by molar-refractivity contribution is 7.93. The van der Waals surface area contributed by atoms with Crippen LogP contribution in [0.3, 0.4) is 0 Å². The molecular formula is C31H34N4O2S. The van der Waals surface area contributed by atoms with Gasteiger partial charge in [0.25, 0.3) is 10.0 Å². The van der Waals surface area contributed by atoms with Gasteiger partial charge in [0, 0.05) is 46.2 Å². The average Bonchev–Trinajstić information content (AvgIpc) is 3.36. The summed E-state index contributed by atoms with van der Waals surface area (Å²) in [5.41, 5.74) is 4.19. The van der Waals surface area contributed by atoms with Crippen LogP contribution in [0.2, 0.25) is 0 Å². The fourth-order valence-corrected chi connectivity index (χ4v) is 6.20. The molecule has 5 rings (SSSR count). The Morgan fingerprint density at radius 3 is 2.24 bits per heavy atom. The molecule has 2 N–H and O–H groups in total. The minimum atomic E-state index is -3.84. The van der Waals surface area contributed by atoms with Crippen molar-refractivity contribution in [1.29, 1.82) is 0 Å². The maximum Gasteiger partial charge on any atom is 0.262 e. The van der Waals surface area contributed by atoms with Gasteiger partial charge in [-0.25, -0.2) is 8.42 Å². The lowest BCUT2D eigenvalue weighted by Crippen LogP contribution is -2.25. The Kier molecular flexibility index (Phi) is 7.65. The number of rotatable bonds is 11. The zero-order valence-electron chi connectivity index (χ0n) is 21.9. The van der Waals surface area contributed by atoms with Crippen LogP contribution < -0.4 is 9.62 Å². The highest BCUT2D eigenvalue weighted by atomic mass is 32.2. The summed E-state index contributed by atoms with van der Waals surface area (Å²) in [6.45, 7) is 6.31. The van der Waals surface area contributed by atoms with Gasteiger partial charge in [0.1, 0.15) is 0 Å². The minimum absolute atomic E-state index is 0.276. The summed E-state index contributed by atoms with van der Waals surface area (Å²) in [6.07, 6.45) is 4.43. The van der Waals surface area contributed by atoms with Gasteiger partial charge < -0.3 is 4.90 Å². The third kappa shape index (κ3) is 5.24. The molecule has 7 heteroatoms. The van der Waals surface area contributed by atoms with E-state index in [1.54, 1.807) is 12.1 Å². The van der Waals surface area contributed by atoms with Gasteiger partial charge in [0.15, 0.2) is 0 Å². The van der Waals surface area contributed by atoms with Crippen molar-refractivity contribution in [3.05, 3.63) is 84.9 Å². The fraction of sp³-hybridized carbons (Fsp3) is 0.258. The number of nitrogens with zero attached hydrogens (tertiary/aromatic N) is 2. The van der Waals surface area contributed by atoms with Gasteiger partial charge in [-0.15, -0.1) is 0 Å². The van der Waals surface area contributed by atoms with Crippen molar-refractivity contribution in [3.63, 3.8) is 0 Å². The molecule has 0 aliphatic carbocycles. The largest absolute Gasteiger partial charge is 0.371 e. The topological polar surface area (TPSA) is 78.1 Å². The van der Waals surface area contributed by atoms with Crippen LogP contribution in [0.25, 0.3) is 32.9 Å². The van der Waals surface area contributed by atoms with E-state index in [9.17, 15) is 8.42 Å². The van der Waals surface area contributed by atoms with Crippen molar-refractivity contribution in [1.82, 2.24) is 10.2 Å². The first-order chi connectivity index (χ1) is 18.5. The molecular weight excluding hydrogens is 492 g/mol. The lowest BCUT2D eigenvalue weighted by Gasteiger charge is -2.26. The van der Waals surface area contributed by atoms with Crippen LogP contribution in [0.1, 0.15) is 39.5 Å². The van der Waals surface area contributed by atoms with E-state index in [-0.39, 0.29) is 4.90 Å². The van der Waals surface area contributed by atoms with Gasteiger partial charge in [-0.1, -0.05) is 81.3 Å². The summed E-state index contributed by atoms with van der Waals surface area (Å²) >= 11 is 0. The predicted octanol–water partition coefficient (Wildman–Crippen LogP) is 7.59. The number of anilines is 2. The zero-order valence-corrected chi connectivity index (χ0v) is 22.8. The van der Waals surface area contributed by atoms with Gasteiger partial charge in [0.05, 0.1) is 16.1 Å². The summed E-state index contributed by atoms with van der Waals surface area (Å²) in [4.78, 5) is 2.68. The summed E-state index contributed by atoms with van der Waals surface area (Å²) in [5, 5.41) is 10.1. The number of sulfonamides is 1. The molecule has 0 fully saturated rings. The number of benzene rings is 4. The molecule has 0 radical (unpaired) electrons. The van der Waals surface area contributed by atoms with Crippen LogP contribution in [-0.2, 0) is 10.0 Å². The van der Waals surface area contributed by atoms with Crippen molar-refractivity contribution < 1.29 is 8.42 Å². The molecule has 1 aromatic heterocycles. The second-order valence-corrected chi connectivity index (χ2v) is 11.3. The minimum Gasteiger partial charge on any atom is -0.371 e. The summed E-state index contributed by atoms with van der Waals surface area (Å²) in [6, 6.07) is 26.8. The van der Waals surface area contributed by atoms with Gasteiger partial charge >= 0.3 is 0 Å². The Bertz CT molecular complexity index is 1640. The highest BCUT2D eigenvalue weighted by Crippen LogP contribution is 2.33. The first-order valence-corrected chi connectivity index (χ1v) is 14.8. The number of aromatic amines is 1. The number of hydrogen-bond donors (Lipinski definition) is 2. The molecule has 0 aliphatic heterocycles. The van der Waals surface area contributed by atoms with Crippen LogP contribution in [0.4, 0.5) is 11.4 Å². The molecule has 0 bridgehead atoms. The molecule has 5 aromatic rings. The summed E-state index contributed by atoms with van der Waals surface area (Å²) in [7, 11) is -3.84. The molecule has 0 unspecified atom stereocenters. The standard InChI is InChI=1S/C31H34N4O2S/c1-3-5-20-35(21-6-4-2)29-16-10-15-26-25(29)14-11-17-30(26)38(36,37)34-24-18-19-28-27(22-24)31(33-32-28)23-12-8-7-9-13-23/h7-19,22,34H,3-6,20-21H2,1-2H3,(H,32,33). The molecule has 0 amide bonds. The number of hydrogen-bond acceptors (Lipinski definition) is 4.